The minimum absolute atomic E-state index is 0.0288. The first-order valence-corrected chi connectivity index (χ1v) is 5.08. The molecular weight excluding hydrogens is 232 g/mol. The smallest absolute Gasteiger partial charge is 0.303 e. The molecule has 1 heterocycles. The van der Waals surface area contributed by atoms with Gasteiger partial charge in [-0.25, -0.2) is 0 Å². The lowest BCUT2D eigenvalue weighted by molar-refractivity contribution is -0.137. The molecule has 86 valence electrons. The SMILES string of the molecule is O=C(O)CCCNC(=O)c1cnccc1Cl. The first-order valence-electron chi connectivity index (χ1n) is 4.71. The molecule has 0 aliphatic heterocycles. The van der Waals surface area contributed by atoms with Crippen molar-refractivity contribution in [2.75, 3.05) is 6.54 Å². The molecule has 0 atom stereocenters. The maximum atomic E-state index is 11.5. The molecule has 1 rings (SSSR count). The van der Waals surface area contributed by atoms with Crippen molar-refractivity contribution in [2.24, 2.45) is 0 Å². The molecule has 1 amide bonds. The molecule has 0 radical (unpaired) electrons. The Morgan fingerprint density at radius 1 is 1.50 bits per heavy atom. The van der Waals surface area contributed by atoms with Crippen LogP contribution in [0.5, 0.6) is 0 Å². The third-order valence-electron chi connectivity index (χ3n) is 1.87. The average Bonchev–Trinajstić information content (AvgIpc) is 2.24. The number of carbonyl (C=O) groups is 2. The van der Waals surface area contributed by atoms with Crippen LogP contribution in [-0.4, -0.2) is 28.5 Å². The maximum absolute atomic E-state index is 11.5. The van der Waals surface area contributed by atoms with E-state index in [-0.39, 0.29) is 12.3 Å². The second-order valence-electron chi connectivity index (χ2n) is 3.11. The standard InChI is InChI=1S/C10H11ClN2O3/c11-8-3-5-12-6-7(8)10(16)13-4-1-2-9(14)15/h3,5-6H,1-2,4H2,(H,13,16)(H,14,15). The van der Waals surface area contributed by atoms with Crippen molar-refractivity contribution in [3.63, 3.8) is 0 Å². The van der Waals surface area contributed by atoms with Gasteiger partial charge in [0, 0.05) is 25.4 Å². The van der Waals surface area contributed by atoms with E-state index in [0.29, 0.717) is 23.6 Å². The van der Waals surface area contributed by atoms with Gasteiger partial charge in [0.05, 0.1) is 10.6 Å². The number of aliphatic carboxylic acids is 1. The number of halogens is 1. The molecule has 5 nitrogen and oxygen atoms in total. The van der Waals surface area contributed by atoms with Crippen LogP contribution in [0, 0.1) is 0 Å². The molecule has 0 saturated carbocycles. The molecular formula is C10H11ClN2O3. The quantitative estimate of drug-likeness (QED) is 0.764. The van der Waals surface area contributed by atoms with Gasteiger partial charge in [-0.3, -0.25) is 14.6 Å². The fourth-order valence-corrected chi connectivity index (χ4v) is 1.27. The summed E-state index contributed by atoms with van der Waals surface area (Å²) in [6.45, 7) is 0.302. The lowest BCUT2D eigenvalue weighted by Crippen LogP contribution is -2.25. The summed E-state index contributed by atoms with van der Waals surface area (Å²) >= 11 is 5.79. The van der Waals surface area contributed by atoms with Crippen molar-refractivity contribution in [2.45, 2.75) is 12.8 Å². The predicted molar refractivity (Wildman–Crippen MR) is 58.5 cm³/mol. The summed E-state index contributed by atoms with van der Waals surface area (Å²) < 4.78 is 0. The van der Waals surface area contributed by atoms with E-state index in [9.17, 15) is 9.59 Å². The Kier molecular flexibility index (Phi) is 4.72. The van der Waals surface area contributed by atoms with Gasteiger partial charge in [0.2, 0.25) is 0 Å². The van der Waals surface area contributed by atoms with Gasteiger partial charge in [-0.1, -0.05) is 11.6 Å². The second kappa shape index (κ2) is 6.07. The zero-order valence-electron chi connectivity index (χ0n) is 8.44. The molecule has 2 N–H and O–H groups in total. The number of aromatic nitrogens is 1. The van der Waals surface area contributed by atoms with Crippen LogP contribution in [0.1, 0.15) is 23.2 Å². The molecule has 6 heteroatoms. The monoisotopic (exact) mass is 242 g/mol. The van der Waals surface area contributed by atoms with Crippen LogP contribution >= 0.6 is 11.6 Å². The number of pyridine rings is 1. The van der Waals surface area contributed by atoms with E-state index in [1.165, 1.54) is 18.5 Å². The van der Waals surface area contributed by atoms with E-state index in [0.717, 1.165) is 0 Å². The van der Waals surface area contributed by atoms with Crippen LogP contribution in [0.2, 0.25) is 5.02 Å². The van der Waals surface area contributed by atoms with E-state index in [4.69, 9.17) is 16.7 Å². The van der Waals surface area contributed by atoms with Crippen LogP contribution in [0.25, 0.3) is 0 Å². The highest BCUT2D eigenvalue weighted by Crippen LogP contribution is 2.12. The molecule has 1 aromatic rings. The Morgan fingerprint density at radius 3 is 2.88 bits per heavy atom. The number of nitrogens with one attached hydrogen (secondary N) is 1. The van der Waals surface area contributed by atoms with E-state index in [2.05, 4.69) is 10.3 Å². The van der Waals surface area contributed by atoms with E-state index < -0.39 is 5.97 Å². The highest BCUT2D eigenvalue weighted by Gasteiger charge is 2.09. The van der Waals surface area contributed by atoms with E-state index in [1.54, 1.807) is 0 Å². The fourth-order valence-electron chi connectivity index (χ4n) is 1.08. The van der Waals surface area contributed by atoms with Gasteiger partial charge in [0.15, 0.2) is 0 Å². The fraction of sp³-hybridized carbons (Fsp3) is 0.300. The molecule has 0 aliphatic carbocycles. The van der Waals surface area contributed by atoms with Crippen molar-refractivity contribution >= 4 is 23.5 Å². The first-order chi connectivity index (χ1) is 7.61. The zero-order valence-corrected chi connectivity index (χ0v) is 9.20. The van der Waals surface area contributed by atoms with E-state index >= 15 is 0 Å². The number of carboxylic acids is 1. The molecule has 0 unspecified atom stereocenters. The molecule has 1 aromatic heterocycles. The number of hydrogen-bond donors (Lipinski definition) is 2. The summed E-state index contributed by atoms with van der Waals surface area (Å²) in [6.07, 6.45) is 3.28. The summed E-state index contributed by atoms with van der Waals surface area (Å²) in [4.78, 5) is 25.5. The molecule has 0 saturated heterocycles. The summed E-state index contributed by atoms with van der Waals surface area (Å²) in [5, 5.41) is 11.3. The van der Waals surface area contributed by atoms with Gasteiger partial charge in [-0.05, 0) is 12.5 Å². The lowest BCUT2D eigenvalue weighted by atomic mass is 10.2. The number of rotatable bonds is 5. The topological polar surface area (TPSA) is 79.3 Å². The highest BCUT2D eigenvalue weighted by molar-refractivity contribution is 6.33. The van der Waals surface area contributed by atoms with Gasteiger partial charge >= 0.3 is 5.97 Å². The van der Waals surface area contributed by atoms with Crippen LogP contribution in [0.3, 0.4) is 0 Å². The molecule has 0 bridgehead atoms. The molecule has 0 fully saturated rings. The van der Waals surface area contributed by atoms with Crippen LogP contribution in [0.4, 0.5) is 0 Å². The second-order valence-corrected chi connectivity index (χ2v) is 3.52. The van der Waals surface area contributed by atoms with Crippen molar-refractivity contribution in [1.29, 1.82) is 0 Å². The van der Waals surface area contributed by atoms with Crippen molar-refractivity contribution in [3.05, 3.63) is 29.0 Å². The number of amides is 1. The summed E-state index contributed by atoms with van der Waals surface area (Å²) in [5.41, 5.74) is 0.291. The van der Waals surface area contributed by atoms with Gasteiger partial charge in [-0.2, -0.15) is 0 Å². The Balaban J connectivity index is 2.41. The summed E-state index contributed by atoms with van der Waals surface area (Å²) in [7, 11) is 0. The van der Waals surface area contributed by atoms with E-state index in [1.807, 2.05) is 0 Å². The Labute approximate surface area is 97.4 Å². The van der Waals surface area contributed by atoms with Crippen LogP contribution in [0.15, 0.2) is 18.5 Å². The molecule has 0 spiro atoms. The first kappa shape index (κ1) is 12.4. The summed E-state index contributed by atoms with van der Waals surface area (Å²) in [6, 6.07) is 1.52. The lowest BCUT2D eigenvalue weighted by Gasteiger charge is -2.04. The molecule has 0 aromatic carbocycles. The maximum Gasteiger partial charge on any atom is 0.303 e. The van der Waals surface area contributed by atoms with Crippen LogP contribution in [-0.2, 0) is 4.79 Å². The third-order valence-corrected chi connectivity index (χ3v) is 2.20. The number of hydrogen-bond acceptors (Lipinski definition) is 3. The number of carbonyl (C=O) groups excluding carboxylic acids is 1. The zero-order chi connectivity index (χ0) is 12.0. The average molecular weight is 243 g/mol. The Hall–Kier alpha value is -1.62. The van der Waals surface area contributed by atoms with Crippen molar-refractivity contribution < 1.29 is 14.7 Å². The van der Waals surface area contributed by atoms with Gasteiger partial charge in [0.25, 0.3) is 5.91 Å². The third kappa shape index (κ3) is 3.86. The minimum atomic E-state index is -0.881. The minimum Gasteiger partial charge on any atom is -0.481 e. The van der Waals surface area contributed by atoms with Gasteiger partial charge in [0.1, 0.15) is 0 Å². The Morgan fingerprint density at radius 2 is 2.25 bits per heavy atom. The summed E-state index contributed by atoms with van der Waals surface area (Å²) in [5.74, 6) is -1.22. The number of nitrogens with zero attached hydrogens (tertiary/aromatic N) is 1. The normalized spacial score (nSPS) is 9.81. The van der Waals surface area contributed by atoms with Crippen molar-refractivity contribution in [3.8, 4) is 0 Å². The van der Waals surface area contributed by atoms with Crippen molar-refractivity contribution in [1.82, 2.24) is 10.3 Å². The van der Waals surface area contributed by atoms with Crippen LogP contribution < -0.4 is 5.32 Å². The van der Waals surface area contributed by atoms with Gasteiger partial charge in [-0.15, -0.1) is 0 Å². The predicted octanol–water partition coefficient (Wildman–Crippen LogP) is 1.33. The molecule has 16 heavy (non-hydrogen) atoms. The van der Waals surface area contributed by atoms with Gasteiger partial charge < -0.3 is 10.4 Å². The number of carboxylic acid groups (broad SMARTS) is 1. The largest absolute Gasteiger partial charge is 0.481 e. The Bertz CT molecular complexity index is 395. The highest BCUT2D eigenvalue weighted by atomic mass is 35.5. The molecule has 0 aliphatic rings.